The summed E-state index contributed by atoms with van der Waals surface area (Å²) in [5.74, 6) is -1.83. The van der Waals surface area contributed by atoms with Crippen LogP contribution in [0, 0.1) is 0 Å². The minimum atomic E-state index is -1.16. The Morgan fingerprint density at radius 1 is 1.38 bits per heavy atom. The van der Waals surface area contributed by atoms with Gasteiger partial charge in [0.15, 0.2) is 0 Å². The third kappa shape index (κ3) is 6.13. The van der Waals surface area contributed by atoms with Crippen molar-refractivity contribution >= 4 is 11.9 Å². The summed E-state index contributed by atoms with van der Waals surface area (Å²) in [6.07, 6.45) is 1.07. The van der Waals surface area contributed by atoms with Crippen LogP contribution in [0.5, 0.6) is 0 Å². The van der Waals surface area contributed by atoms with E-state index in [0.717, 1.165) is 12.8 Å². The van der Waals surface area contributed by atoms with E-state index >= 15 is 0 Å². The molecule has 0 aromatic carbocycles. The Morgan fingerprint density at radius 2 is 1.92 bits per heavy atom. The molecule has 76 valence electrons. The van der Waals surface area contributed by atoms with E-state index in [0.29, 0.717) is 0 Å². The maximum atomic E-state index is 10.9. The highest BCUT2D eigenvalue weighted by molar-refractivity contribution is 5.90. The molecule has 0 aliphatic rings. The topological polar surface area (TPSA) is 63.6 Å². The molecule has 0 rings (SSSR count). The summed E-state index contributed by atoms with van der Waals surface area (Å²) in [5, 5.41) is 8.31. The Balaban J connectivity index is 3.96. The van der Waals surface area contributed by atoms with Crippen LogP contribution >= 0.6 is 0 Å². The smallest absolute Gasteiger partial charge is 0.317 e. The van der Waals surface area contributed by atoms with Gasteiger partial charge in [-0.2, -0.15) is 0 Å². The fourth-order valence-corrected chi connectivity index (χ4v) is 1.12. The van der Waals surface area contributed by atoms with Gasteiger partial charge in [-0.25, -0.2) is 0 Å². The Hall–Kier alpha value is -1.06. The fraction of sp³-hybridized carbons (Fsp3) is 0.778. The lowest BCUT2D eigenvalue weighted by molar-refractivity contribution is -0.161. The van der Waals surface area contributed by atoms with Crippen LogP contribution in [-0.2, 0) is 14.3 Å². The number of carbonyl (C=O) groups is 2. The maximum absolute atomic E-state index is 10.9. The van der Waals surface area contributed by atoms with Crippen molar-refractivity contribution < 1.29 is 19.4 Å². The molecule has 0 fully saturated rings. The van der Waals surface area contributed by atoms with Crippen molar-refractivity contribution in [1.82, 2.24) is 0 Å². The summed E-state index contributed by atoms with van der Waals surface area (Å²) >= 11 is 0. The molecule has 13 heavy (non-hydrogen) atoms. The summed E-state index contributed by atoms with van der Waals surface area (Å²) < 4.78 is 4.97. The summed E-state index contributed by atoms with van der Waals surface area (Å²) in [5.41, 5.74) is -0.554. The number of aliphatic carboxylic acids is 1. The lowest BCUT2D eigenvalue weighted by Crippen LogP contribution is -2.28. The van der Waals surface area contributed by atoms with Crippen LogP contribution in [0.25, 0.3) is 0 Å². The molecule has 0 heterocycles. The molecule has 0 aromatic rings. The molecule has 0 saturated heterocycles. The molecule has 0 aliphatic carbocycles. The summed E-state index contributed by atoms with van der Waals surface area (Å²) in [7, 11) is 0. The van der Waals surface area contributed by atoms with Gasteiger partial charge in [0.1, 0.15) is 12.0 Å². The van der Waals surface area contributed by atoms with Gasteiger partial charge in [-0.05, 0) is 20.3 Å². The molecule has 4 nitrogen and oxygen atoms in total. The number of ether oxygens (including phenoxy) is 1. The number of rotatable bonds is 5. The van der Waals surface area contributed by atoms with Crippen molar-refractivity contribution in [3.8, 4) is 0 Å². The van der Waals surface area contributed by atoms with Crippen molar-refractivity contribution in [2.75, 3.05) is 0 Å². The number of hydrogen-bond donors (Lipinski definition) is 1. The van der Waals surface area contributed by atoms with Crippen LogP contribution in [-0.4, -0.2) is 22.6 Å². The first kappa shape index (κ1) is 11.9. The zero-order chi connectivity index (χ0) is 10.5. The highest BCUT2D eigenvalue weighted by Crippen LogP contribution is 2.16. The fourth-order valence-electron chi connectivity index (χ4n) is 1.12. The van der Waals surface area contributed by atoms with Crippen LogP contribution in [0.4, 0.5) is 0 Å². The average Bonchev–Trinajstić information content (AvgIpc) is 1.81. The highest BCUT2D eigenvalue weighted by Gasteiger charge is 2.22. The number of esters is 1. The second-order valence-electron chi connectivity index (χ2n) is 3.55. The summed E-state index contributed by atoms with van der Waals surface area (Å²) in [6.45, 7) is 5.53. The Kier molecular flexibility index (Phi) is 4.45. The zero-order valence-electron chi connectivity index (χ0n) is 8.29. The van der Waals surface area contributed by atoms with Gasteiger partial charge in [-0.3, -0.25) is 9.59 Å². The number of hydrogen-bond acceptors (Lipinski definition) is 3. The van der Waals surface area contributed by atoms with Crippen molar-refractivity contribution in [2.45, 2.75) is 45.6 Å². The maximum Gasteiger partial charge on any atom is 0.317 e. The Bertz CT molecular complexity index is 196. The zero-order valence-corrected chi connectivity index (χ0v) is 8.29. The SMILES string of the molecule is CCCC(C)(C)OC(=O)CC(=O)O. The quantitative estimate of drug-likeness (QED) is 0.525. The Morgan fingerprint density at radius 3 is 2.31 bits per heavy atom. The molecular formula is C9H16O4. The summed E-state index contributed by atoms with van der Waals surface area (Å²) in [6, 6.07) is 0. The predicted octanol–water partition coefficient (Wildman–Crippen LogP) is 1.58. The Labute approximate surface area is 77.9 Å². The number of carboxylic acids is 1. The van der Waals surface area contributed by atoms with Crippen LogP contribution < -0.4 is 0 Å². The van der Waals surface area contributed by atoms with Crippen LogP contribution in [0.2, 0.25) is 0 Å². The minimum Gasteiger partial charge on any atom is -0.481 e. The lowest BCUT2D eigenvalue weighted by Gasteiger charge is -2.23. The first-order chi connectivity index (χ1) is 5.87. The van der Waals surface area contributed by atoms with Crippen molar-refractivity contribution in [3.63, 3.8) is 0 Å². The van der Waals surface area contributed by atoms with Gasteiger partial charge in [0.25, 0.3) is 0 Å². The molecular weight excluding hydrogens is 172 g/mol. The molecule has 4 heteroatoms. The standard InChI is InChI=1S/C9H16O4/c1-4-5-9(2,3)13-8(12)6-7(10)11/h4-6H2,1-3H3,(H,10,11). The molecule has 0 amide bonds. The average molecular weight is 188 g/mol. The molecule has 0 aromatic heterocycles. The van der Waals surface area contributed by atoms with E-state index in [9.17, 15) is 9.59 Å². The van der Waals surface area contributed by atoms with E-state index in [-0.39, 0.29) is 0 Å². The predicted molar refractivity (Wildman–Crippen MR) is 47.3 cm³/mol. The second-order valence-corrected chi connectivity index (χ2v) is 3.55. The molecule has 0 saturated carbocycles. The highest BCUT2D eigenvalue weighted by atomic mass is 16.6. The molecule has 0 radical (unpaired) electrons. The third-order valence-electron chi connectivity index (χ3n) is 1.54. The van der Waals surface area contributed by atoms with Crippen molar-refractivity contribution in [2.24, 2.45) is 0 Å². The lowest BCUT2D eigenvalue weighted by atomic mass is 10.0. The van der Waals surface area contributed by atoms with E-state index in [1.54, 1.807) is 13.8 Å². The first-order valence-corrected chi connectivity index (χ1v) is 4.31. The van der Waals surface area contributed by atoms with E-state index in [2.05, 4.69) is 0 Å². The van der Waals surface area contributed by atoms with Gasteiger partial charge < -0.3 is 9.84 Å². The normalized spacial score (nSPS) is 11.0. The third-order valence-corrected chi connectivity index (χ3v) is 1.54. The minimum absolute atomic E-state index is 0.554. The van der Waals surface area contributed by atoms with E-state index in [4.69, 9.17) is 9.84 Å². The number of carbonyl (C=O) groups excluding carboxylic acids is 1. The van der Waals surface area contributed by atoms with E-state index in [1.165, 1.54) is 0 Å². The second kappa shape index (κ2) is 4.84. The van der Waals surface area contributed by atoms with Crippen molar-refractivity contribution in [1.29, 1.82) is 0 Å². The van der Waals surface area contributed by atoms with Crippen LogP contribution in [0.3, 0.4) is 0 Å². The monoisotopic (exact) mass is 188 g/mol. The van der Waals surface area contributed by atoms with Gasteiger partial charge in [-0.15, -0.1) is 0 Å². The van der Waals surface area contributed by atoms with Gasteiger partial charge >= 0.3 is 11.9 Å². The van der Waals surface area contributed by atoms with Gasteiger partial charge in [-0.1, -0.05) is 13.3 Å². The van der Waals surface area contributed by atoms with Crippen LogP contribution in [0.15, 0.2) is 0 Å². The molecule has 0 bridgehead atoms. The molecule has 0 unspecified atom stereocenters. The van der Waals surface area contributed by atoms with Gasteiger partial charge in [0.05, 0.1) is 0 Å². The molecule has 0 spiro atoms. The molecule has 0 atom stereocenters. The van der Waals surface area contributed by atoms with E-state index in [1.807, 2.05) is 6.92 Å². The van der Waals surface area contributed by atoms with Gasteiger partial charge in [0, 0.05) is 0 Å². The molecule has 0 aliphatic heterocycles. The summed E-state index contributed by atoms with van der Waals surface area (Å²) in [4.78, 5) is 21.1. The largest absolute Gasteiger partial charge is 0.481 e. The van der Waals surface area contributed by atoms with E-state index < -0.39 is 24.0 Å². The number of carboxylic acid groups (broad SMARTS) is 1. The molecule has 1 N–H and O–H groups in total. The first-order valence-electron chi connectivity index (χ1n) is 4.31. The van der Waals surface area contributed by atoms with Gasteiger partial charge in [0.2, 0.25) is 0 Å². The van der Waals surface area contributed by atoms with Crippen molar-refractivity contribution in [3.05, 3.63) is 0 Å². The van der Waals surface area contributed by atoms with Crippen LogP contribution in [0.1, 0.15) is 40.0 Å².